The summed E-state index contributed by atoms with van der Waals surface area (Å²) in [6.45, 7) is 2.00. The Hall–Kier alpha value is -2.95. The van der Waals surface area contributed by atoms with Gasteiger partial charge >= 0.3 is 0 Å². The van der Waals surface area contributed by atoms with Crippen LogP contribution in [0.15, 0.2) is 53.1 Å². The van der Waals surface area contributed by atoms with Gasteiger partial charge in [-0.25, -0.2) is 9.37 Å². The highest BCUT2D eigenvalue weighted by atomic mass is 19.1. The Morgan fingerprint density at radius 1 is 1.17 bits per heavy atom. The van der Waals surface area contributed by atoms with Crippen LogP contribution in [0.3, 0.4) is 0 Å². The summed E-state index contributed by atoms with van der Waals surface area (Å²) in [4.78, 5) is 16.6. The van der Waals surface area contributed by atoms with Gasteiger partial charge in [-0.2, -0.15) is 0 Å². The predicted octanol–water partition coefficient (Wildman–Crippen LogP) is 5.17. The molecule has 0 fully saturated rings. The van der Waals surface area contributed by atoms with Crippen molar-refractivity contribution < 1.29 is 13.6 Å². The number of hydrogen-bond donors (Lipinski definition) is 1. The number of nitrogens with zero attached hydrogens (tertiary/aromatic N) is 1. The second-order valence-corrected chi connectivity index (χ2v) is 7.62. The molecule has 4 rings (SSSR count). The van der Waals surface area contributed by atoms with Gasteiger partial charge in [-0.3, -0.25) is 4.79 Å². The smallest absolute Gasteiger partial charge is 0.220 e. The lowest BCUT2D eigenvalue weighted by atomic mass is 9.89. The number of nitrogens with one attached hydrogen (secondary N) is 1. The molecule has 4 nitrogen and oxygen atoms in total. The summed E-state index contributed by atoms with van der Waals surface area (Å²) >= 11 is 0. The molecule has 1 heterocycles. The van der Waals surface area contributed by atoms with Gasteiger partial charge in [0.2, 0.25) is 5.91 Å². The number of benzene rings is 2. The lowest BCUT2D eigenvalue weighted by Gasteiger charge is -2.20. The highest BCUT2D eigenvalue weighted by Crippen LogP contribution is 2.25. The third kappa shape index (κ3) is 4.56. The van der Waals surface area contributed by atoms with Crippen LogP contribution < -0.4 is 5.32 Å². The zero-order valence-electron chi connectivity index (χ0n) is 16.6. The average molecular weight is 392 g/mol. The van der Waals surface area contributed by atoms with E-state index >= 15 is 0 Å². The summed E-state index contributed by atoms with van der Waals surface area (Å²) in [7, 11) is 0. The van der Waals surface area contributed by atoms with Crippen molar-refractivity contribution in [2.45, 2.75) is 51.5 Å². The van der Waals surface area contributed by atoms with E-state index in [1.807, 2.05) is 6.92 Å². The standard InChI is InChI=1S/C24H25FN2O2/c1-16(18-11-10-17-6-2-3-7-19(17)14-18)27-23(28)12-13-24-26-15-22(29-24)20-8-4-5-9-21(20)25/h4-5,8-11,14-16H,2-3,6-7,12-13H2,1H3,(H,27,28)/t16-/m1/s1. The van der Waals surface area contributed by atoms with Gasteiger partial charge in [-0.15, -0.1) is 0 Å². The first-order valence-electron chi connectivity index (χ1n) is 10.2. The fourth-order valence-electron chi connectivity index (χ4n) is 3.85. The molecular formula is C24H25FN2O2. The molecule has 1 atom stereocenters. The molecule has 0 radical (unpaired) electrons. The minimum Gasteiger partial charge on any atom is -0.441 e. The molecule has 5 heteroatoms. The fraction of sp³-hybridized carbons (Fsp3) is 0.333. The van der Waals surface area contributed by atoms with Gasteiger partial charge < -0.3 is 9.73 Å². The SMILES string of the molecule is C[C@@H](NC(=O)CCc1ncc(-c2ccccc2F)o1)c1ccc2c(c1)CCCC2. The van der Waals surface area contributed by atoms with Crippen molar-refractivity contribution in [1.82, 2.24) is 10.3 Å². The Morgan fingerprint density at radius 2 is 1.97 bits per heavy atom. The number of aromatic nitrogens is 1. The molecule has 29 heavy (non-hydrogen) atoms. The van der Waals surface area contributed by atoms with Crippen molar-refractivity contribution in [3.8, 4) is 11.3 Å². The number of carbonyl (C=O) groups is 1. The van der Waals surface area contributed by atoms with E-state index in [1.54, 1.807) is 18.2 Å². The maximum Gasteiger partial charge on any atom is 0.220 e. The number of hydrogen-bond acceptors (Lipinski definition) is 3. The Kier molecular flexibility index (Phi) is 5.74. The second kappa shape index (κ2) is 8.60. The first-order chi connectivity index (χ1) is 14.1. The number of aryl methyl sites for hydroxylation is 3. The summed E-state index contributed by atoms with van der Waals surface area (Å²) in [5.74, 6) is 0.397. The topological polar surface area (TPSA) is 55.1 Å². The summed E-state index contributed by atoms with van der Waals surface area (Å²) in [6.07, 6.45) is 6.92. The molecule has 0 spiro atoms. The van der Waals surface area contributed by atoms with Crippen molar-refractivity contribution in [3.63, 3.8) is 0 Å². The zero-order chi connectivity index (χ0) is 20.2. The van der Waals surface area contributed by atoms with E-state index < -0.39 is 0 Å². The first kappa shape index (κ1) is 19.4. The van der Waals surface area contributed by atoms with E-state index in [2.05, 4.69) is 28.5 Å². The summed E-state index contributed by atoms with van der Waals surface area (Å²) in [6, 6.07) is 12.9. The highest BCUT2D eigenvalue weighted by Gasteiger charge is 2.15. The van der Waals surface area contributed by atoms with Crippen LogP contribution in [0.1, 0.15) is 54.8 Å². The molecule has 0 unspecified atom stereocenters. The number of fused-ring (bicyclic) bond motifs is 1. The molecule has 1 aromatic heterocycles. The molecule has 0 aliphatic heterocycles. The molecule has 1 aliphatic carbocycles. The lowest BCUT2D eigenvalue weighted by Crippen LogP contribution is -2.27. The van der Waals surface area contributed by atoms with E-state index in [-0.39, 0.29) is 24.2 Å². The lowest BCUT2D eigenvalue weighted by molar-refractivity contribution is -0.121. The van der Waals surface area contributed by atoms with Gasteiger partial charge in [0.25, 0.3) is 0 Å². The van der Waals surface area contributed by atoms with Crippen LogP contribution in [-0.2, 0) is 24.1 Å². The molecule has 1 N–H and O–H groups in total. The van der Waals surface area contributed by atoms with Gasteiger partial charge in [0.15, 0.2) is 11.7 Å². The Morgan fingerprint density at radius 3 is 2.79 bits per heavy atom. The van der Waals surface area contributed by atoms with Crippen LogP contribution in [-0.4, -0.2) is 10.9 Å². The molecule has 150 valence electrons. The van der Waals surface area contributed by atoms with Crippen molar-refractivity contribution in [2.75, 3.05) is 0 Å². The van der Waals surface area contributed by atoms with E-state index in [0.717, 1.165) is 18.4 Å². The number of rotatable bonds is 6. The largest absolute Gasteiger partial charge is 0.441 e. The Labute approximate surface area is 170 Å². The van der Waals surface area contributed by atoms with Crippen molar-refractivity contribution in [1.29, 1.82) is 0 Å². The van der Waals surface area contributed by atoms with E-state index in [0.29, 0.717) is 23.6 Å². The van der Waals surface area contributed by atoms with Crippen molar-refractivity contribution in [2.24, 2.45) is 0 Å². The fourth-order valence-corrected chi connectivity index (χ4v) is 3.85. The van der Waals surface area contributed by atoms with Crippen LogP contribution in [0.25, 0.3) is 11.3 Å². The van der Waals surface area contributed by atoms with Crippen LogP contribution in [0.5, 0.6) is 0 Å². The van der Waals surface area contributed by atoms with Gasteiger partial charge in [0.1, 0.15) is 5.82 Å². The summed E-state index contributed by atoms with van der Waals surface area (Å²) < 4.78 is 19.5. The van der Waals surface area contributed by atoms with Crippen molar-refractivity contribution in [3.05, 3.63) is 77.1 Å². The van der Waals surface area contributed by atoms with Gasteiger partial charge in [0.05, 0.1) is 17.8 Å². The van der Waals surface area contributed by atoms with E-state index in [1.165, 1.54) is 36.2 Å². The zero-order valence-corrected chi connectivity index (χ0v) is 16.6. The average Bonchev–Trinajstić information content (AvgIpc) is 3.21. The first-order valence-corrected chi connectivity index (χ1v) is 10.2. The normalized spacial score (nSPS) is 14.3. The van der Waals surface area contributed by atoms with E-state index in [4.69, 9.17) is 4.42 Å². The Bertz CT molecular complexity index is 1010. The molecule has 0 saturated carbocycles. The maximum atomic E-state index is 13.9. The van der Waals surface area contributed by atoms with Crippen LogP contribution >= 0.6 is 0 Å². The monoisotopic (exact) mass is 392 g/mol. The minimum atomic E-state index is -0.355. The number of carbonyl (C=O) groups excluding carboxylic acids is 1. The molecular weight excluding hydrogens is 367 g/mol. The Balaban J connectivity index is 1.33. The highest BCUT2D eigenvalue weighted by molar-refractivity contribution is 5.76. The van der Waals surface area contributed by atoms with Gasteiger partial charge in [-0.1, -0.05) is 30.3 Å². The number of oxazole rings is 1. The predicted molar refractivity (Wildman–Crippen MR) is 110 cm³/mol. The summed E-state index contributed by atoms with van der Waals surface area (Å²) in [5, 5.41) is 3.05. The second-order valence-electron chi connectivity index (χ2n) is 7.62. The quantitative estimate of drug-likeness (QED) is 0.630. The third-order valence-corrected chi connectivity index (χ3v) is 5.51. The molecule has 1 aliphatic rings. The summed E-state index contributed by atoms with van der Waals surface area (Å²) in [5.41, 5.74) is 4.36. The van der Waals surface area contributed by atoms with Crippen LogP contribution in [0.2, 0.25) is 0 Å². The molecule has 0 bridgehead atoms. The maximum absolute atomic E-state index is 13.9. The number of halogens is 1. The van der Waals surface area contributed by atoms with Crippen molar-refractivity contribution >= 4 is 5.91 Å². The number of amides is 1. The van der Waals surface area contributed by atoms with Crippen LogP contribution in [0.4, 0.5) is 4.39 Å². The third-order valence-electron chi connectivity index (χ3n) is 5.51. The minimum absolute atomic E-state index is 0.0479. The van der Waals surface area contributed by atoms with Gasteiger partial charge in [0, 0.05) is 12.8 Å². The van der Waals surface area contributed by atoms with Gasteiger partial charge in [-0.05, 0) is 61.4 Å². The molecule has 2 aromatic carbocycles. The van der Waals surface area contributed by atoms with E-state index in [9.17, 15) is 9.18 Å². The molecule has 1 amide bonds. The molecule has 0 saturated heterocycles. The van der Waals surface area contributed by atoms with Crippen LogP contribution in [0, 0.1) is 5.82 Å². The molecule has 3 aromatic rings.